The second-order valence-corrected chi connectivity index (χ2v) is 8.56. The number of rotatable bonds is 7. The molecule has 0 fully saturated rings. The number of sulfonamides is 1. The molecule has 0 aliphatic heterocycles. The second kappa shape index (κ2) is 8.98. The lowest BCUT2D eigenvalue weighted by molar-refractivity contribution is -0.114. The molecule has 0 atom stereocenters. The molecule has 154 valence electrons. The predicted molar refractivity (Wildman–Crippen MR) is 116 cm³/mol. The van der Waals surface area contributed by atoms with Crippen LogP contribution in [0.25, 0.3) is 0 Å². The summed E-state index contributed by atoms with van der Waals surface area (Å²) in [7, 11) is -4.06. The van der Waals surface area contributed by atoms with Gasteiger partial charge >= 0.3 is 0 Å². The monoisotopic (exact) mass is 443 g/mol. The van der Waals surface area contributed by atoms with Crippen molar-refractivity contribution in [2.24, 2.45) is 5.73 Å². The maximum Gasteiger partial charge on any atom is 0.264 e. The highest BCUT2D eigenvalue weighted by atomic mass is 35.5. The Bertz CT molecular complexity index is 1170. The molecule has 0 saturated carbocycles. The van der Waals surface area contributed by atoms with Crippen molar-refractivity contribution in [3.05, 3.63) is 89.4 Å². The summed E-state index contributed by atoms with van der Waals surface area (Å²) in [4.78, 5) is 24.3. The first-order chi connectivity index (χ1) is 14.3. The number of nitrogens with one attached hydrogen (secondary N) is 1. The van der Waals surface area contributed by atoms with E-state index in [0.29, 0.717) is 10.7 Å². The fourth-order valence-corrected chi connectivity index (χ4v) is 4.32. The molecule has 0 radical (unpaired) electrons. The molecule has 7 nitrogen and oxygen atoms in total. The Morgan fingerprint density at radius 1 is 0.900 bits per heavy atom. The van der Waals surface area contributed by atoms with E-state index in [-0.39, 0.29) is 16.1 Å². The molecular weight excluding hydrogens is 426 g/mol. The average molecular weight is 444 g/mol. The lowest BCUT2D eigenvalue weighted by atomic mass is 10.1. The van der Waals surface area contributed by atoms with Crippen molar-refractivity contribution in [2.45, 2.75) is 4.90 Å². The van der Waals surface area contributed by atoms with Gasteiger partial charge in [0.15, 0.2) is 0 Å². The Hall–Kier alpha value is -3.36. The summed E-state index contributed by atoms with van der Waals surface area (Å²) in [6, 6.07) is 20.1. The molecule has 2 amide bonds. The van der Waals surface area contributed by atoms with E-state index in [2.05, 4.69) is 5.32 Å². The van der Waals surface area contributed by atoms with Crippen molar-refractivity contribution < 1.29 is 18.0 Å². The van der Waals surface area contributed by atoms with Crippen LogP contribution in [0.15, 0.2) is 83.8 Å². The van der Waals surface area contributed by atoms with Crippen LogP contribution < -0.4 is 15.4 Å². The van der Waals surface area contributed by atoms with Gasteiger partial charge in [-0.15, -0.1) is 0 Å². The van der Waals surface area contributed by atoms with Gasteiger partial charge < -0.3 is 11.1 Å². The number of carbonyl (C=O) groups is 2. The highest BCUT2D eigenvalue weighted by Crippen LogP contribution is 2.25. The predicted octanol–water partition coefficient (Wildman–Crippen LogP) is 3.27. The fraction of sp³-hybridized carbons (Fsp3) is 0.0476. The van der Waals surface area contributed by atoms with Crippen LogP contribution in [0.5, 0.6) is 0 Å². The van der Waals surface area contributed by atoms with E-state index >= 15 is 0 Å². The molecule has 9 heteroatoms. The SMILES string of the molecule is NC(=O)c1ccccc1NC(=O)CN(c1ccccc1)S(=O)(=O)c1ccc(Cl)cc1. The van der Waals surface area contributed by atoms with E-state index in [9.17, 15) is 18.0 Å². The molecule has 0 spiro atoms. The third kappa shape index (κ3) is 4.79. The van der Waals surface area contributed by atoms with E-state index < -0.39 is 28.4 Å². The molecule has 0 aliphatic rings. The topological polar surface area (TPSA) is 110 Å². The molecule has 0 aliphatic carbocycles. The maximum absolute atomic E-state index is 13.2. The lowest BCUT2D eigenvalue weighted by Crippen LogP contribution is -2.38. The van der Waals surface area contributed by atoms with Crippen molar-refractivity contribution in [3.8, 4) is 0 Å². The smallest absolute Gasteiger partial charge is 0.264 e. The Kier molecular flexibility index (Phi) is 6.39. The van der Waals surface area contributed by atoms with Gasteiger partial charge in [-0.1, -0.05) is 41.9 Å². The highest BCUT2D eigenvalue weighted by Gasteiger charge is 2.27. The second-order valence-electron chi connectivity index (χ2n) is 6.26. The lowest BCUT2D eigenvalue weighted by Gasteiger charge is -2.24. The first-order valence-electron chi connectivity index (χ1n) is 8.81. The van der Waals surface area contributed by atoms with Crippen molar-refractivity contribution in [1.82, 2.24) is 0 Å². The number of carbonyl (C=O) groups excluding carboxylic acids is 2. The molecule has 3 aromatic carbocycles. The van der Waals surface area contributed by atoms with Crippen LogP contribution in [0, 0.1) is 0 Å². The number of halogens is 1. The van der Waals surface area contributed by atoms with Crippen molar-refractivity contribution in [2.75, 3.05) is 16.2 Å². The van der Waals surface area contributed by atoms with Gasteiger partial charge in [-0.25, -0.2) is 8.42 Å². The minimum Gasteiger partial charge on any atom is -0.366 e. The number of para-hydroxylation sites is 2. The van der Waals surface area contributed by atoms with Crippen LogP contribution >= 0.6 is 11.6 Å². The number of primary amides is 1. The Labute approximate surface area is 179 Å². The molecule has 3 N–H and O–H groups in total. The normalized spacial score (nSPS) is 11.0. The summed E-state index contributed by atoms with van der Waals surface area (Å²) in [6.07, 6.45) is 0. The summed E-state index contributed by atoms with van der Waals surface area (Å²) < 4.78 is 27.5. The van der Waals surface area contributed by atoms with Gasteiger partial charge in [0.2, 0.25) is 5.91 Å². The number of anilines is 2. The Morgan fingerprint density at radius 2 is 1.50 bits per heavy atom. The van der Waals surface area contributed by atoms with Gasteiger partial charge in [0.1, 0.15) is 6.54 Å². The first-order valence-corrected chi connectivity index (χ1v) is 10.6. The van der Waals surface area contributed by atoms with E-state index in [4.69, 9.17) is 17.3 Å². The third-order valence-corrected chi connectivity index (χ3v) is 6.24. The van der Waals surface area contributed by atoms with Gasteiger partial charge in [-0.2, -0.15) is 0 Å². The van der Waals surface area contributed by atoms with Crippen molar-refractivity contribution >= 4 is 44.8 Å². The molecule has 0 saturated heterocycles. The molecule has 3 rings (SSSR count). The van der Waals surface area contributed by atoms with Crippen LogP contribution in [0.4, 0.5) is 11.4 Å². The molecule has 0 unspecified atom stereocenters. The Morgan fingerprint density at radius 3 is 2.13 bits per heavy atom. The zero-order chi connectivity index (χ0) is 21.7. The number of hydrogen-bond donors (Lipinski definition) is 2. The molecule has 0 aromatic heterocycles. The Balaban J connectivity index is 1.94. The van der Waals surface area contributed by atoms with Gasteiger partial charge in [-0.3, -0.25) is 13.9 Å². The minimum atomic E-state index is -4.06. The maximum atomic E-state index is 13.2. The van der Waals surface area contributed by atoms with Crippen molar-refractivity contribution in [3.63, 3.8) is 0 Å². The van der Waals surface area contributed by atoms with Crippen LogP contribution in [0.2, 0.25) is 5.02 Å². The van der Waals surface area contributed by atoms with E-state index in [1.165, 1.54) is 36.4 Å². The molecule has 0 bridgehead atoms. The highest BCUT2D eigenvalue weighted by molar-refractivity contribution is 7.92. The van der Waals surface area contributed by atoms with E-state index in [1.807, 2.05) is 0 Å². The van der Waals surface area contributed by atoms with Gasteiger partial charge in [0.25, 0.3) is 15.9 Å². The molecular formula is C21H18ClN3O4S. The fourth-order valence-electron chi connectivity index (χ4n) is 2.77. The average Bonchev–Trinajstić information content (AvgIpc) is 2.73. The first kappa shape index (κ1) is 21.4. The zero-order valence-corrected chi connectivity index (χ0v) is 17.2. The summed E-state index contributed by atoms with van der Waals surface area (Å²) in [6.45, 7) is -0.512. The largest absolute Gasteiger partial charge is 0.366 e. The van der Waals surface area contributed by atoms with Crippen LogP contribution in [-0.2, 0) is 14.8 Å². The van der Waals surface area contributed by atoms with Crippen LogP contribution in [-0.4, -0.2) is 26.8 Å². The van der Waals surface area contributed by atoms with E-state index in [1.54, 1.807) is 42.5 Å². The quantitative estimate of drug-likeness (QED) is 0.583. The zero-order valence-electron chi connectivity index (χ0n) is 15.7. The summed E-state index contributed by atoms with van der Waals surface area (Å²) in [5.74, 6) is -1.34. The summed E-state index contributed by atoms with van der Waals surface area (Å²) >= 11 is 5.86. The summed E-state index contributed by atoms with van der Waals surface area (Å²) in [5.41, 5.74) is 5.97. The third-order valence-electron chi connectivity index (χ3n) is 4.20. The molecule has 3 aromatic rings. The van der Waals surface area contributed by atoms with Gasteiger partial charge in [-0.05, 0) is 48.5 Å². The number of nitrogens with zero attached hydrogens (tertiary/aromatic N) is 1. The van der Waals surface area contributed by atoms with Crippen LogP contribution in [0.1, 0.15) is 10.4 Å². The number of amides is 2. The molecule has 30 heavy (non-hydrogen) atoms. The summed E-state index contributed by atoms with van der Waals surface area (Å²) in [5, 5.41) is 2.95. The number of hydrogen-bond acceptors (Lipinski definition) is 4. The van der Waals surface area contributed by atoms with Crippen LogP contribution in [0.3, 0.4) is 0 Å². The number of nitrogens with two attached hydrogens (primary N) is 1. The minimum absolute atomic E-state index is 0.0129. The standard InChI is InChI=1S/C21H18ClN3O4S/c22-15-10-12-17(13-11-15)30(28,29)25(16-6-2-1-3-7-16)14-20(26)24-19-9-5-4-8-18(19)21(23)27/h1-13H,14H2,(H2,23,27)(H,24,26). The number of benzene rings is 3. The van der Waals surface area contributed by atoms with Crippen molar-refractivity contribution in [1.29, 1.82) is 0 Å². The van der Waals surface area contributed by atoms with Gasteiger partial charge in [0.05, 0.1) is 21.8 Å². The van der Waals surface area contributed by atoms with Gasteiger partial charge in [0, 0.05) is 5.02 Å². The van der Waals surface area contributed by atoms with E-state index in [0.717, 1.165) is 4.31 Å². The molecule has 0 heterocycles.